The molecule has 0 aliphatic carbocycles. The maximum atomic E-state index is 10.0. The molecule has 0 saturated heterocycles. The Morgan fingerprint density at radius 3 is 1.36 bits per heavy atom. The lowest BCUT2D eigenvalue weighted by atomic mass is 10.1. The van der Waals surface area contributed by atoms with Gasteiger partial charge in [-0.15, -0.1) is 0 Å². The highest BCUT2D eigenvalue weighted by molar-refractivity contribution is 5.73. The van der Waals surface area contributed by atoms with Crippen molar-refractivity contribution in [3.63, 3.8) is 0 Å². The summed E-state index contributed by atoms with van der Waals surface area (Å²) < 4.78 is 0. The van der Waals surface area contributed by atoms with Crippen molar-refractivity contribution in [1.29, 1.82) is 0 Å². The molecule has 84 valence electrons. The lowest BCUT2D eigenvalue weighted by Gasteiger charge is -2.07. The Kier molecular flexibility index (Phi) is 7.98. The molecule has 0 saturated carbocycles. The highest BCUT2D eigenvalue weighted by Gasteiger charge is 2.14. The SMILES string of the molecule is CC(C)C(N)C(=O)O.CC(O)C(=O)O. The number of hydrogen-bond acceptors (Lipinski definition) is 4. The lowest BCUT2D eigenvalue weighted by molar-refractivity contribution is -0.145. The second kappa shape index (κ2) is 7.28. The van der Waals surface area contributed by atoms with Crippen LogP contribution in [-0.2, 0) is 9.59 Å². The summed E-state index contributed by atoms with van der Waals surface area (Å²) in [6.45, 7) is 4.75. The molecule has 0 bridgehead atoms. The van der Waals surface area contributed by atoms with Crippen molar-refractivity contribution in [3.8, 4) is 0 Å². The van der Waals surface area contributed by atoms with Crippen LogP contribution in [0.1, 0.15) is 20.8 Å². The minimum atomic E-state index is -1.23. The Hall–Kier alpha value is -1.14. The molecule has 0 heterocycles. The Balaban J connectivity index is 0. The molecule has 2 atom stereocenters. The minimum Gasteiger partial charge on any atom is -0.480 e. The number of aliphatic hydroxyl groups is 1. The van der Waals surface area contributed by atoms with E-state index in [1.54, 1.807) is 13.8 Å². The Morgan fingerprint density at radius 1 is 1.07 bits per heavy atom. The van der Waals surface area contributed by atoms with Crippen LogP contribution in [0.4, 0.5) is 0 Å². The van der Waals surface area contributed by atoms with E-state index < -0.39 is 24.1 Å². The van der Waals surface area contributed by atoms with Gasteiger partial charge in [-0.3, -0.25) is 4.79 Å². The van der Waals surface area contributed by atoms with Gasteiger partial charge in [-0.1, -0.05) is 13.8 Å². The fourth-order valence-electron chi connectivity index (χ4n) is 0.285. The van der Waals surface area contributed by atoms with Gasteiger partial charge >= 0.3 is 11.9 Å². The highest BCUT2D eigenvalue weighted by atomic mass is 16.4. The van der Waals surface area contributed by atoms with Crippen LogP contribution >= 0.6 is 0 Å². The number of aliphatic hydroxyl groups excluding tert-OH is 1. The van der Waals surface area contributed by atoms with Gasteiger partial charge in [0.1, 0.15) is 12.1 Å². The zero-order valence-corrected chi connectivity index (χ0v) is 8.47. The number of aliphatic carboxylic acids is 2. The topological polar surface area (TPSA) is 121 Å². The maximum Gasteiger partial charge on any atom is 0.332 e. The predicted octanol–water partition coefficient (Wildman–Crippen LogP) is -0.494. The van der Waals surface area contributed by atoms with E-state index >= 15 is 0 Å². The molecule has 6 heteroatoms. The van der Waals surface area contributed by atoms with E-state index in [-0.39, 0.29) is 5.92 Å². The third kappa shape index (κ3) is 8.95. The molecule has 5 N–H and O–H groups in total. The summed E-state index contributed by atoms with van der Waals surface area (Å²) in [6, 6.07) is -0.713. The van der Waals surface area contributed by atoms with Crippen molar-refractivity contribution in [2.24, 2.45) is 11.7 Å². The number of nitrogens with two attached hydrogens (primary N) is 1. The largest absolute Gasteiger partial charge is 0.480 e. The third-order valence-electron chi connectivity index (χ3n) is 1.36. The number of carbonyl (C=O) groups is 2. The maximum absolute atomic E-state index is 10.0. The van der Waals surface area contributed by atoms with Gasteiger partial charge in [0.05, 0.1) is 0 Å². The van der Waals surface area contributed by atoms with Crippen molar-refractivity contribution in [2.45, 2.75) is 32.9 Å². The molecule has 2 unspecified atom stereocenters. The molecule has 0 spiro atoms. The lowest BCUT2D eigenvalue weighted by Crippen LogP contribution is -2.34. The number of hydrogen-bond donors (Lipinski definition) is 4. The monoisotopic (exact) mass is 207 g/mol. The van der Waals surface area contributed by atoms with Gasteiger partial charge < -0.3 is 21.1 Å². The first-order valence-electron chi connectivity index (χ1n) is 4.09. The van der Waals surface area contributed by atoms with E-state index in [9.17, 15) is 9.59 Å². The first-order valence-corrected chi connectivity index (χ1v) is 4.09. The molecule has 14 heavy (non-hydrogen) atoms. The zero-order chi connectivity index (χ0) is 11.9. The predicted molar refractivity (Wildman–Crippen MR) is 49.8 cm³/mol. The molecule has 0 fully saturated rings. The normalized spacial score (nSPS) is 13.9. The van der Waals surface area contributed by atoms with Crippen LogP contribution in [0.3, 0.4) is 0 Å². The molecule has 0 amide bonds. The molecule has 0 aromatic heterocycles. The summed E-state index contributed by atoms with van der Waals surface area (Å²) in [6.07, 6.45) is -1.23. The van der Waals surface area contributed by atoms with Crippen LogP contribution in [0.15, 0.2) is 0 Å². The van der Waals surface area contributed by atoms with Crippen molar-refractivity contribution in [2.75, 3.05) is 0 Å². The summed E-state index contributed by atoms with van der Waals surface area (Å²) in [5, 5.41) is 24.0. The fourth-order valence-corrected chi connectivity index (χ4v) is 0.285. The van der Waals surface area contributed by atoms with Crippen LogP contribution in [0.25, 0.3) is 0 Å². The molecule has 0 radical (unpaired) electrons. The summed E-state index contributed by atoms with van der Waals surface area (Å²) in [5.74, 6) is -2.09. The van der Waals surface area contributed by atoms with E-state index in [2.05, 4.69) is 0 Å². The average molecular weight is 207 g/mol. The fraction of sp³-hybridized carbons (Fsp3) is 0.750. The van der Waals surface area contributed by atoms with Gasteiger partial charge in [0.15, 0.2) is 0 Å². The van der Waals surface area contributed by atoms with Crippen LogP contribution in [-0.4, -0.2) is 39.4 Å². The highest BCUT2D eigenvalue weighted by Crippen LogP contribution is 1.96. The first-order chi connectivity index (χ1) is 6.20. The quantitative estimate of drug-likeness (QED) is 0.495. The number of carboxylic acid groups (broad SMARTS) is 2. The third-order valence-corrected chi connectivity index (χ3v) is 1.36. The van der Waals surface area contributed by atoms with Crippen LogP contribution in [0.2, 0.25) is 0 Å². The number of rotatable bonds is 3. The Bertz CT molecular complexity index is 190. The molecule has 0 aromatic rings. The van der Waals surface area contributed by atoms with E-state index in [0.717, 1.165) is 0 Å². The van der Waals surface area contributed by atoms with E-state index in [0.29, 0.717) is 0 Å². The number of carboxylic acids is 2. The molecule has 6 nitrogen and oxygen atoms in total. The smallest absolute Gasteiger partial charge is 0.332 e. The summed E-state index contributed by atoms with van der Waals surface area (Å²) >= 11 is 0. The Morgan fingerprint density at radius 2 is 1.36 bits per heavy atom. The second-order valence-electron chi connectivity index (χ2n) is 3.12. The molecular weight excluding hydrogens is 190 g/mol. The van der Waals surface area contributed by atoms with Crippen molar-refractivity contribution < 1.29 is 24.9 Å². The van der Waals surface area contributed by atoms with Crippen molar-refractivity contribution in [3.05, 3.63) is 0 Å². The first kappa shape index (κ1) is 15.3. The molecule has 0 aliphatic rings. The average Bonchev–Trinajstić information content (AvgIpc) is 2.03. The molecule has 0 rings (SSSR count). The zero-order valence-electron chi connectivity index (χ0n) is 8.47. The van der Waals surface area contributed by atoms with E-state index in [1.807, 2.05) is 0 Å². The van der Waals surface area contributed by atoms with Gasteiger partial charge in [-0.2, -0.15) is 0 Å². The molecule has 0 aromatic carbocycles. The van der Waals surface area contributed by atoms with Crippen LogP contribution in [0, 0.1) is 5.92 Å². The van der Waals surface area contributed by atoms with Gasteiger partial charge in [0.25, 0.3) is 0 Å². The molecule has 0 aliphatic heterocycles. The Labute approximate surface area is 82.3 Å². The van der Waals surface area contributed by atoms with Gasteiger partial charge in [-0.25, -0.2) is 4.79 Å². The van der Waals surface area contributed by atoms with Crippen molar-refractivity contribution in [1.82, 2.24) is 0 Å². The second-order valence-corrected chi connectivity index (χ2v) is 3.12. The standard InChI is InChI=1S/C5H11NO2.C3H6O3/c1-3(2)4(6)5(7)8;1-2(4)3(5)6/h3-4H,6H2,1-2H3,(H,7,8);2,4H,1H3,(H,5,6). The summed E-state index contributed by atoms with van der Waals surface area (Å²) in [5.41, 5.74) is 5.16. The van der Waals surface area contributed by atoms with Gasteiger partial charge in [0, 0.05) is 0 Å². The summed E-state index contributed by atoms with van der Waals surface area (Å²) in [7, 11) is 0. The van der Waals surface area contributed by atoms with Crippen LogP contribution < -0.4 is 5.73 Å². The van der Waals surface area contributed by atoms with E-state index in [4.69, 9.17) is 21.1 Å². The molecular formula is C8H17NO5. The van der Waals surface area contributed by atoms with Gasteiger partial charge in [0.2, 0.25) is 0 Å². The van der Waals surface area contributed by atoms with E-state index in [1.165, 1.54) is 6.92 Å². The van der Waals surface area contributed by atoms with Gasteiger partial charge in [-0.05, 0) is 12.8 Å². The minimum absolute atomic E-state index is 0.0208. The van der Waals surface area contributed by atoms with Crippen molar-refractivity contribution >= 4 is 11.9 Å². The summed E-state index contributed by atoms with van der Waals surface area (Å²) in [4.78, 5) is 19.5. The van der Waals surface area contributed by atoms with Crippen LogP contribution in [0.5, 0.6) is 0 Å².